The Hall–Kier alpha value is -1.71. The van der Waals surface area contributed by atoms with E-state index < -0.39 is 5.97 Å². The number of carboxylic acid groups (broad SMARTS) is 1. The molecule has 0 saturated carbocycles. The van der Waals surface area contributed by atoms with Crippen molar-refractivity contribution in [1.29, 1.82) is 0 Å². The van der Waals surface area contributed by atoms with Gasteiger partial charge in [-0.05, 0) is 25.1 Å². The lowest BCUT2D eigenvalue weighted by Crippen LogP contribution is -2.10. The van der Waals surface area contributed by atoms with E-state index in [2.05, 4.69) is 6.07 Å². The lowest BCUT2D eigenvalue weighted by molar-refractivity contribution is -0.139. The largest absolute Gasteiger partial charge is 0.490 e. The fourth-order valence-corrected chi connectivity index (χ4v) is 0.928. The van der Waals surface area contributed by atoms with Gasteiger partial charge in [0.15, 0.2) is 18.1 Å². The molecule has 0 spiro atoms. The Balaban J connectivity index is 2.68. The van der Waals surface area contributed by atoms with Crippen molar-refractivity contribution in [3.8, 4) is 11.5 Å². The number of hydrogen-bond donors (Lipinski definition) is 1. The Bertz CT molecular complexity index is 309. The second-order valence-corrected chi connectivity index (χ2v) is 2.49. The Morgan fingerprint density at radius 1 is 1.50 bits per heavy atom. The predicted molar refractivity (Wildman–Crippen MR) is 49.6 cm³/mol. The van der Waals surface area contributed by atoms with Gasteiger partial charge in [0.1, 0.15) is 0 Å². The number of aliphatic carboxylic acids is 1. The lowest BCUT2D eigenvalue weighted by atomic mass is 10.3. The quantitative estimate of drug-likeness (QED) is 0.770. The normalized spacial score (nSPS) is 9.50. The van der Waals surface area contributed by atoms with Crippen LogP contribution in [0.4, 0.5) is 0 Å². The van der Waals surface area contributed by atoms with Gasteiger partial charge in [-0.3, -0.25) is 0 Å². The van der Waals surface area contributed by atoms with Crippen LogP contribution in [-0.4, -0.2) is 24.3 Å². The minimum Gasteiger partial charge on any atom is -0.490 e. The van der Waals surface area contributed by atoms with E-state index in [-0.39, 0.29) is 6.61 Å². The molecule has 0 amide bonds. The summed E-state index contributed by atoms with van der Waals surface area (Å²) in [5, 5.41) is 8.42. The first-order chi connectivity index (χ1) is 6.74. The predicted octanol–water partition coefficient (Wildman–Crippen LogP) is 1.35. The molecule has 0 atom stereocenters. The molecule has 4 heteroatoms. The molecule has 0 aliphatic carbocycles. The maximum atomic E-state index is 10.3. The van der Waals surface area contributed by atoms with Crippen LogP contribution in [0.3, 0.4) is 0 Å². The van der Waals surface area contributed by atoms with Crippen LogP contribution < -0.4 is 9.47 Å². The molecule has 14 heavy (non-hydrogen) atoms. The molecule has 1 aromatic carbocycles. The molecule has 0 heterocycles. The van der Waals surface area contributed by atoms with Crippen molar-refractivity contribution in [2.75, 3.05) is 13.2 Å². The van der Waals surface area contributed by atoms with Crippen LogP contribution in [0.1, 0.15) is 6.92 Å². The third-order valence-electron chi connectivity index (χ3n) is 1.44. The van der Waals surface area contributed by atoms with E-state index >= 15 is 0 Å². The zero-order valence-electron chi connectivity index (χ0n) is 7.82. The van der Waals surface area contributed by atoms with Crippen LogP contribution in [0, 0.1) is 6.07 Å². The molecule has 0 saturated heterocycles. The summed E-state index contributed by atoms with van der Waals surface area (Å²) >= 11 is 0. The first-order valence-electron chi connectivity index (χ1n) is 4.21. The summed E-state index contributed by atoms with van der Waals surface area (Å²) in [6.45, 7) is 1.97. The zero-order chi connectivity index (χ0) is 10.4. The van der Waals surface area contributed by atoms with Crippen LogP contribution >= 0.6 is 0 Å². The second kappa shape index (κ2) is 5.11. The Labute approximate surface area is 82.1 Å². The molecule has 0 aliphatic heterocycles. The molecule has 0 unspecified atom stereocenters. The highest BCUT2D eigenvalue weighted by atomic mass is 16.5. The number of carbonyl (C=O) groups is 1. The van der Waals surface area contributed by atoms with E-state index in [0.717, 1.165) is 0 Å². The van der Waals surface area contributed by atoms with Crippen molar-refractivity contribution in [1.82, 2.24) is 0 Å². The molecule has 0 fully saturated rings. The van der Waals surface area contributed by atoms with Crippen LogP contribution in [0.25, 0.3) is 0 Å². The molecule has 4 nitrogen and oxygen atoms in total. The summed E-state index contributed by atoms with van der Waals surface area (Å²) in [7, 11) is 0. The van der Waals surface area contributed by atoms with E-state index in [0.29, 0.717) is 18.1 Å². The van der Waals surface area contributed by atoms with Gasteiger partial charge in [0.2, 0.25) is 0 Å². The van der Waals surface area contributed by atoms with Gasteiger partial charge < -0.3 is 14.6 Å². The highest BCUT2D eigenvalue weighted by molar-refractivity contribution is 5.68. The van der Waals surface area contributed by atoms with Gasteiger partial charge >= 0.3 is 5.97 Å². The minimum atomic E-state index is -1.01. The summed E-state index contributed by atoms with van der Waals surface area (Å²) in [5.41, 5.74) is 0. The molecule has 75 valence electrons. The Morgan fingerprint density at radius 2 is 2.29 bits per heavy atom. The van der Waals surface area contributed by atoms with Gasteiger partial charge in [0.25, 0.3) is 0 Å². The molecular weight excluding hydrogens is 184 g/mol. The zero-order valence-corrected chi connectivity index (χ0v) is 7.82. The SMILES string of the molecule is CCOc1c[c]ccc1OCC(=O)O. The second-order valence-electron chi connectivity index (χ2n) is 2.49. The van der Waals surface area contributed by atoms with Crippen molar-refractivity contribution in [3.05, 3.63) is 24.3 Å². The highest BCUT2D eigenvalue weighted by Crippen LogP contribution is 2.25. The third-order valence-corrected chi connectivity index (χ3v) is 1.44. The maximum Gasteiger partial charge on any atom is 0.341 e. The van der Waals surface area contributed by atoms with Gasteiger partial charge in [-0.15, -0.1) is 0 Å². The summed E-state index contributed by atoms with van der Waals surface area (Å²) in [6.07, 6.45) is 0. The van der Waals surface area contributed by atoms with Gasteiger partial charge in [-0.25, -0.2) is 4.79 Å². The molecule has 1 aromatic rings. The first-order valence-corrected chi connectivity index (χ1v) is 4.21. The molecule has 0 aliphatic rings. The number of rotatable bonds is 5. The fourth-order valence-electron chi connectivity index (χ4n) is 0.928. The number of benzene rings is 1. The van der Waals surface area contributed by atoms with Gasteiger partial charge in [0.05, 0.1) is 6.61 Å². The standard InChI is InChI=1S/C10H11O4/c1-2-13-8-5-3-4-6-9(8)14-7-10(11)12/h4-6H,2,7H2,1H3,(H,11,12). The summed E-state index contributed by atoms with van der Waals surface area (Å²) < 4.78 is 10.2. The van der Waals surface area contributed by atoms with Crippen molar-refractivity contribution >= 4 is 5.97 Å². The average Bonchev–Trinajstić information content (AvgIpc) is 2.17. The number of ether oxygens (including phenoxy) is 2. The monoisotopic (exact) mass is 195 g/mol. The van der Waals surface area contributed by atoms with E-state index in [4.69, 9.17) is 14.6 Å². The Morgan fingerprint density at radius 3 is 2.93 bits per heavy atom. The van der Waals surface area contributed by atoms with E-state index in [9.17, 15) is 4.79 Å². The van der Waals surface area contributed by atoms with Gasteiger partial charge in [0, 0.05) is 0 Å². The molecular formula is C10H11O4. The van der Waals surface area contributed by atoms with Crippen LogP contribution in [0.5, 0.6) is 11.5 Å². The summed E-state index contributed by atoms with van der Waals surface area (Å²) in [5.74, 6) is -0.0791. The van der Waals surface area contributed by atoms with Crippen molar-refractivity contribution < 1.29 is 19.4 Å². The molecule has 0 bridgehead atoms. The van der Waals surface area contributed by atoms with E-state index in [1.54, 1.807) is 18.2 Å². The summed E-state index contributed by atoms with van der Waals surface area (Å²) in [6, 6.07) is 7.69. The van der Waals surface area contributed by atoms with Gasteiger partial charge in [-0.2, -0.15) is 0 Å². The molecule has 0 aromatic heterocycles. The maximum absolute atomic E-state index is 10.3. The Kier molecular flexibility index (Phi) is 3.79. The fraction of sp³-hybridized carbons (Fsp3) is 0.300. The minimum absolute atomic E-state index is 0.371. The number of hydrogen-bond acceptors (Lipinski definition) is 3. The van der Waals surface area contributed by atoms with Crippen LogP contribution in [0.15, 0.2) is 18.2 Å². The number of carboxylic acids is 1. The smallest absolute Gasteiger partial charge is 0.341 e. The van der Waals surface area contributed by atoms with Crippen molar-refractivity contribution in [2.45, 2.75) is 6.92 Å². The first kappa shape index (κ1) is 10.4. The van der Waals surface area contributed by atoms with E-state index in [1.807, 2.05) is 6.92 Å². The van der Waals surface area contributed by atoms with Gasteiger partial charge in [-0.1, -0.05) is 6.07 Å². The third kappa shape index (κ3) is 2.97. The average molecular weight is 195 g/mol. The highest BCUT2D eigenvalue weighted by Gasteiger charge is 2.05. The molecule has 1 rings (SSSR count). The lowest BCUT2D eigenvalue weighted by Gasteiger charge is -2.09. The topological polar surface area (TPSA) is 55.8 Å². The van der Waals surface area contributed by atoms with E-state index in [1.165, 1.54) is 0 Å². The van der Waals surface area contributed by atoms with Crippen LogP contribution in [0.2, 0.25) is 0 Å². The van der Waals surface area contributed by atoms with Crippen molar-refractivity contribution in [2.24, 2.45) is 0 Å². The molecule has 1 N–H and O–H groups in total. The molecule has 1 radical (unpaired) electrons. The van der Waals surface area contributed by atoms with Crippen LogP contribution in [-0.2, 0) is 4.79 Å². The van der Waals surface area contributed by atoms with Crippen molar-refractivity contribution in [3.63, 3.8) is 0 Å². The summed E-state index contributed by atoms with van der Waals surface area (Å²) in [4.78, 5) is 10.3.